The molecule has 0 aliphatic carbocycles. The van der Waals surface area contributed by atoms with Gasteiger partial charge in [-0.15, -0.1) is 0 Å². The predicted octanol–water partition coefficient (Wildman–Crippen LogP) is 5.17. The second-order valence-corrected chi connectivity index (χ2v) is 13.7. The Kier molecular flexibility index (Phi) is 9.91. The Morgan fingerprint density at radius 2 is 1.80 bits per heavy atom. The predicted molar refractivity (Wildman–Crippen MR) is 194 cm³/mol. The smallest absolute Gasteiger partial charge is 0.409 e. The van der Waals surface area contributed by atoms with E-state index in [-0.39, 0.29) is 30.1 Å². The molecule has 264 valence electrons. The Bertz CT molecular complexity index is 1910. The number of anilines is 2. The number of aryl methyl sites for hydroxylation is 2. The lowest BCUT2D eigenvalue weighted by atomic mass is 9.72. The minimum atomic E-state index is -0.549. The van der Waals surface area contributed by atoms with Crippen molar-refractivity contribution in [2.24, 2.45) is 0 Å². The van der Waals surface area contributed by atoms with Crippen molar-refractivity contribution in [3.8, 4) is 11.1 Å². The van der Waals surface area contributed by atoms with Crippen LogP contribution in [0.1, 0.15) is 70.9 Å². The molecule has 11 heteroatoms. The van der Waals surface area contributed by atoms with Gasteiger partial charge in [0.15, 0.2) is 0 Å². The molecule has 50 heavy (non-hydrogen) atoms. The number of rotatable bonds is 7. The van der Waals surface area contributed by atoms with Gasteiger partial charge in [0.25, 0.3) is 11.5 Å². The third-order valence-electron chi connectivity index (χ3n) is 11.0. The first-order valence-corrected chi connectivity index (χ1v) is 17.5. The standard InChI is InChI=1S/C39H47N5O6/c1-7-44(29-10-16-50-17-11-29)33-21-28(19-30(26(33)4)36(46)40-22-31-24(2)18-25(3)41-37(31)47)27-8-9-32-34(20-27)42(5)35(23-45)39(32)12-14-43(15-13-39)38(48)49-6/h8-9,18-21,29H,7,10-17,22H2,1-6H3,(H,40,46)(H,41,47). The summed E-state index contributed by atoms with van der Waals surface area (Å²) in [7, 11) is 3.27. The fraction of sp³-hybridized carbons (Fsp3) is 0.462. The van der Waals surface area contributed by atoms with Crippen molar-refractivity contribution in [2.45, 2.75) is 71.4 Å². The number of nitrogens with zero attached hydrogens (tertiary/aromatic N) is 3. The summed E-state index contributed by atoms with van der Waals surface area (Å²) in [4.78, 5) is 60.3. The van der Waals surface area contributed by atoms with Crippen LogP contribution in [0, 0.1) is 20.8 Å². The highest BCUT2D eigenvalue weighted by Crippen LogP contribution is 2.53. The van der Waals surface area contributed by atoms with Crippen LogP contribution in [0.5, 0.6) is 0 Å². The van der Waals surface area contributed by atoms with E-state index in [1.807, 2.05) is 44.9 Å². The van der Waals surface area contributed by atoms with Gasteiger partial charge in [-0.1, -0.05) is 12.1 Å². The lowest BCUT2D eigenvalue weighted by Crippen LogP contribution is -2.46. The molecule has 2 amide bonds. The number of methoxy groups -OCH3 is 1. The van der Waals surface area contributed by atoms with Gasteiger partial charge in [-0.25, -0.2) is 9.59 Å². The molecule has 0 saturated carbocycles. The van der Waals surface area contributed by atoms with E-state index in [1.54, 1.807) is 4.90 Å². The number of pyridine rings is 1. The molecular weight excluding hydrogens is 634 g/mol. The number of carbonyl (C=O) groups is 2. The maximum absolute atomic E-state index is 14.0. The molecule has 2 N–H and O–H groups in total. The van der Waals surface area contributed by atoms with E-state index in [4.69, 9.17) is 9.47 Å². The molecule has 0 unspecified atom stereocenters. The lowest BCUT2D eigenvalue weighted by Gasteiger charge is -2.39. The summed E-state index contributed by atoms with van der Waals surface area (Å²) in [5.41, 5.74) is 8.07. The molecule has 2 aromatic carbocycles. The molecule has 3 aliphatic rings. The topological polar surface area (TPSA) is 124 Å². The first kappa shape index (κ1) is 35.0. The summed E-state index contributed by atoms with van der Waals surface area (Å²) < 4.78 is 10.6. The molecule has 11 nitrogen and oxygen atoms in total. The fourth-order valence-electron chi connectivity index (χ4n) is 8.22. The van der Waals surface area contributed by atoms with Crippen molar-refractivity contribution in [1.82, 2.24) is 15.2 Å². The molecule has 0 bridgehead atoms. The van der Waals surface area contributed by atoms with Crippen molar-refractivity contribution < 1.29 is 23.9 Å². The molecule has 1 spiro atoms. The number of nitrogens with one attached hydrogen (secondary N) is 2. The van der Waals surface area contributed by atoms with Gasteiger partial charge in [-0.05, 0) is 105 Å². The number of likely N-dealkylation sites (N-methyl/N-ethyl adjacent to an activating group) is 1. The van der Waals surface area contributed by atoms with Gasteiger partial charge >= 0.3 is 6.09 Å². The Morgan fingerprint density at radius 3 is 2.44 bits per heavy atom. The quantitative estimate of drug-likeness (QED) is 0.328. The van der Waals surface area contributed by atoms with Crippen molar-refractivity contribution in [2.75, 3.05) is 56.8 Å². The molecule has 0 radical (unpaired) electrons. The van der Waals surface area contributed by atoms with Gasteiger partial charge in [-0.3, -0.25) is 9.59 Å². The number of likely N-dealkylation sites (tertiary alicyclic amines) is 1. The Labute approximate surface area is 293 Å². The summed E-state index contributed by atoms with van der Waals surface area (Å²) >= 11 is 0. The summed E-state index contributed by atoms with van der Waals surface area (Å²) in [6.07, 6.45) is 2.60. The van der Waals surface area contributed by atoms with E-state index in [0.717, 1.165) is 64.3 Å². The van der Waals surface area contributed by atoms with Crippen LogP contribution in [0.4, 0.5) is 16.2 Å². The molecule has 6 rings (SSSR count). The van der Waals surface area contributed by atoms with Gasteiger partial charge in [0.1, 0.15) is 11.6 Å². The molecular formula is C39H47N5O6. The zero-order valence-electron chi connectivity index (χ0n) is 29.9. The number of benzene rings is 2. The number of aromatic nitrogens is 1. The molecule has 3 aromatic rings. The SMILES string of the molecule is CCN(c1cc(-c2ccc3c(c2)N(C)C(=C=O)C32CCN(C(=O)OC)CC2)cc(C(=O)NCc2c(C)cc(C)[nH]c2=O)c1C)C1CCOCC1. The van der Waals surface area contributed by atoms with Crippen LogP contribution in [-0.2, 0) is 26.2 Å². The number of amides is 2. The summed E-state index contributed by atoms with van der Waals surface area (Å²) in [5, 5.41) is 3.03. The molecule has 4 heterocycles. The van der Waals surface area contributed by atoms with E-state index in [2.05, 4.69) is 52.3 Å². The van der Waals surface area contributed by atoms with Crippen LogP contribution in [0.3, 0.4) is 0 Å². The number of hydrogen-bond acceptors (Lipinski definition) is 8. The van der Waals surface area contributed by atoms with E-state index >= 15 is 0 Å². The maximum atomic E-state index is 14.0. The van der Waals surface area contributed by atoms with Crippen LogP contribution >= 0.6 is 0 Å². The van der Waals surface area contributed by atoms with Gasteiger partial charge in [0.05, 0.1) is 12.5 Å². The first-order chi connectivity index (χ1) is 24.0. The van der Waals surface area contributed by atoms with Crippen molar-refractivity contribution in [1.29, 1.82) is 0 Å². The van der Waals surface area contributed by atoms with Crippen LogP contribution in [0.15, 0.2) is 46.9 Å². The maximum Gasteiger partial charge on any atom is 0.409 e. The number of allylic oxidation sites excluding steroid dienone is 1. The lowest BCUT2D eigenvalue weighted by molar-refractivity contribution is 0.0845. The van der Waals surface area contributed by atoms with E-state index in [9.17, 15) is 19.2 Å². The molecule has 2 saturated heterocycles. The van der Waals surface area contributed by atoms with E-state index in [1.165, 1.54) is 7.11 Å². The van der Waals surface area contributed by atoms with Crippen LogP contribution < -0.4 is 20.7 Å². The Hall–Kier alpha value is -4.86. The normalized spacial score (nSPS) is 17.0. The molecule has 3 aliphatic heterocycles. The van der Waals surface area contributed by atoms with Crippen molar-refractivity contribution in [3.05, 3.63) is 86.0 Å². The van der Waals surface area contributed by atoms with Gasteiger partial charge in [0.2, 0.25) is 0 Å². The average molecular weight is 682 g/mol. The molecule has 0 atom stereocenters. The third-order valence-corrected chi connectivity index (χ3v) is 11.0. The van der Waals surface area contributed by atoms with Gasteiger partial charge in [0, 0.05) is 80.7 Å². The minimum absolute atomic E-state index is 0.108. The van der Waals surface area contributed by atoms with Gasteiger partial charge in [-0.2, -0.15) is 0 Å². The average Bonchev–Trinajstić information content (AvgIpc) is 3.34. The first-order valence-electron chi connectivity index (χ1n) is 17.5. The Morgan fingerprint density at radius 1 is 1.08 bits per heavy atom. The monoisotopic (exact) mass is 681 g/mol. The zero-order valence-corrected chi connectivity index (χ0v) is 29.9. The minimum Gasteiger partial charge on any atom is -0.453 e. The number of piperidine rings is 1. The van der Waals surface area contributed by atoms with Crippen LogP contribution in [0.25, 0.3) is 11.1 Å². The number of H-pyrrole nitrogens is 1. The second kappa shape index (κ2) is 14.2. The largest absolute Gasteiger partial charge is 0.453 e. The number of aromatic amines is 1. The number of hydrogen-bond donors (Lipinski definition) is 2. The fourth-order valence-corrected chi connectivity index (χ4v) is 8.22. The molecule has 1 aromatic heterocycles. The summed E-state index contributed by atoms with van der Waals surface area (Å²) in [6.45, 7) is 11.0. The summed E-state index contributed by atoms with van der Waals surface area (Å²) in [6, 6.07) is 12.5. The van der Waals surface area contributed by atoms with Crippen molar-refractivity contribution in [3.63, 3.8) is 0 Å². The third kappa shape index (κ3) is 6.20. The van der Waals surface area contributed by atoms with Gasteiger partial charge < -0.3 is 34.5 Å². The number of fused-ring (bicyclic) bond motifs is 2. The summed E-state index contributed by atoms with van der Waals surface area (Å²) in [5.74, 6) is 1.98. The van der Waals surface area contributed by atoms with Crippen molar-refractivity contribution >= 4 is 29.3 Å². The highest BCUT2D eigenvalue weighted by molar-refractivity contribution is 5.99. The molecule has 2 fully saturated rings. The highest BCUT2D eigenvalue weighted by Gasteiger charge is 2.49. The van der Waals surface area contributed by atoms with E-state index < -0.39 is 5.41 Å². The van der Waals surface area contributed by atoms with Crippen LogP contribution in [-0.4, -0.2) is 80.9 Å². The zero-order chi connectivity index (χ0) is 35.7. The number of carbonyl (C=O) groups excluding carboxylic acids is 3. The number of ether oxygens (including phenoxy) is 2. The Balaban J connectivity index is 1.40. The van der Waals surface area contributed by atoms with E-state index in [0.29, 0.717) is 56.0 Å². The second-order valence-electron chi connectivity index (χ2n) is 13.7. The van der Waals surface area contributed by atoms with Crippen LogP contribution in [0.2, 0.25) is 0 Å². The highest BCUT2D eigenvalue weighted by atomic mass is 16.5.